The number of nitrogens with zero attached hydrogens (tertiary/aromatic N) is 2. The van der Waals surface area contributed by atoms with Crippen LogP contribution in [-0.4, -0.2) is 16.3 Å². The zero-order valence-corrected chi connectivity index (χ0v) is 11.2. The summed E-state index contributed by atoms with van der Waals surface area (Å²) in [4.78, 5) is 0. The van der Waals surface area contributed by atoms with Crippen molar-refractivity contribution in [2.24, 2.45) is 0 Å². The number of rotatable bonds is 2. The first-order valence-electron chi connectivity index (χ1n) is 6.60. The van der Waals surface area contributed by atoms with E-state index in [0.717, 1.165) is 13.0 Å². The third-order valence-corrected chi connectivity index (χ3v) is 3.57. The van der Waals surface area contributed by atoms with E-state index in [-0.39, 0.29) is 0 Å². The van der Waals surface area contributed by atoms with E-state index in [1.807, 2.05) is 0 Å². The molecular weight excluding hydrogens is 222 g/mol. The summed E-state index contributed by atoms with van der Waals surface area (Å²) in [6.45, 7) is 7.58. The lowest BCUT2D eigenvalue weighted by Crippen LogP contribution is -2.06. The standard InChI is InChI=1S/C15H19N3/c1-10(2)14-12-8-9-16-15(12)18(17-14)13-7-5-4-6-11(13)3/h4-7,10,16H,8-9H2,1-3H3. The number of benzene rings is 1. The Morgan fingerprint density at radius 2 is 2.06 bits per heavy atom. The summed E-state index contributed by atoms with van der Waals surface area (Å²) in [5, 5.41) is 8.29. The predicted molar refractivity (Wildman–Crippen MR) is 74.6 cm³/mol. The molecule has 2 heterocycles. The Morgan fingerprint density at radius 3 is 2.78 bits per heavy atom. The normalized spacial score (nSPS) is 13.8. The SMILES string of the molecule is Cc1ccccc1-n1nc(C(C)C)c2c1NCC2. The van der Waals surface area contributed by atoms with Crippen molar-refractivity contribution in [1.29, 1.82) is 0 Å². The number of hydrogen-bond donors (Lipinski definition) is 1. The summed E-state index contributed by atoms with van der Waals surface area (Å²) in [6.07, 6.45) is 1.09. The van der Waals surface area contributed by atoms with E-state index in [2.05, 4.69) is 55.0 Å². The van der Waals surface area contributed by atoms with Gasteiger partial charge in [0.05, 0.1) is 11.4 Å². The van der Waals surface area contributed by atoms with E-state index in [0.29, 0.717) is 5.92 Å². The van der Waals surface area contributed by atoms with Gasteiger partial charge in [0.15, 0.2) is 0 Å². The van der Waals surface area contributed by atoms with Gasteiger partial charge >= 0.3 is 0 Å². The van der Waals surface area contributed by atoms with Gasteiger partial charge in [-0.3, -0.25) is 0 Å². The van der Waals surface area contributed by atoms with Crippen LogP contribution in [0.15, 0.2) is 24.3 Å². The van der Waals surface area contributed by atoms with Crippen molar-refractivity contribution in [2.75, 3.05) is 11.9 Å². The molecule has 1 aromatic carbocycles. The third kappa shape index (κ3) is 1.62. The Balaban J connectivity index is 2.19. The molecule has 3 nitrogen and oxygen atoms in total. The van der Waals surface area contributed by atoms with Crippen LogP contribution in [0, 0.1) is 6.92 Å². The number of aromatic nitrogens is 2. The molecule has 0 radical (unpaired) electrons. The lowest BCUT2D eigenvalue weighted by Gasteiger charge is -2.09. The van der Waals surface area contributed by atoms with E-state index < -0.39 is 0 Å². The minimum atomic E-state index is 0.476. The number of anilines is 1. The van der Waals surface area contributed by atoms with Crippen molar-refractivity contribution in [3.8, 4) is 5.69 Å². The van der Waals surface area contributed by atoms with Crippen molar-refractivity contribution in [3.05, 3.63) is 41.1 Å². The smallest absolute Gasteiger partial charge is 0.133 e. The van der Waals surface area contributed by atoms with Crippen molar-refractivity contribution in [1.82, 2.24) is 9.78 Å². The molecule has 0 amide bonds. The van der Waals surface area contributed by atoms with Gasteiger partial charge in [-0.2, -0.15) is 5.10 Å². The molecule has 0 spiro atoms. The molecule has 18 heavy (non-hydrogen) atoms. The highest BCUT2D eigenvalue weighted by Gasteiger charge is 2.24. The topological polar surface area (TPSA) is 29.9 Å². The molecule has 0 saturated heterocycles. The maximum Gasteiger partial charge on any atom is 0.133 e. The van der Waals surface area contributed by atoms with Gasteiger partial charge in [-0.05, 0) is 30.9 Å². The highest BCUT2D eigenvalue weighted by molar-refractivity contribution is 5.58. The first kappa shape index (κ1) is 11.3. The lowest BCUT2D eigenvalue weighted by atomic mass is 10.1. The second-order valence-electron chi connectivity index (χ2n) is 5.24. The quantitative estimate of drug-likeness (QED) is 0.874. The molecule has 3 heteroatoms. The Kier molecular flexibility index (Phi) is 2.62. The van der Waals surface area contributed by atoms with E-state index in [4.69, 9.17) is 5.10 Å². The molecule has 1 aliphatic heterocycles. The second kappa shape index (κ2) is 4.16. The molecule has 0 bridgehead atoms. The maximum absolute atomic E-state index is 4.82. The van der Waals surface area contributed by atoms with Crippen molar-refractivity contribution in [3.63, 3.8) is 0 Å². The first-order chi connectivity index (χ1) is 8.68. The minimum absolute atomic E-state index is 0.476. The zero-order chi connectivity index (χ0) is 12.7. The van der Waals surface area contributed by atoms with Crippen LogP contribution in [0.5, 0.6) is 0 Å². The van der Waals surface area contributed by atoms with Gasteiger partial charge in [-0.1, -0.05) is 32.0 Å². The van der Waals surface area contributed by atoms with Gasteiger partial charge < -0.3 is 5.32 Å². The molecule has 0 aliphatic carbocycles. The molecule has 0 unspecified atom stereocenters. The van der Waals surface area contributed by atoms with E-state index in [1.165, 1.54) is 28.3 Å². The van der Waals surface area contributed by atoms with Crippen molar-refractivity contribution >= 4 is 5.82 Å². The largest absolute Gasteiger partial charge is 0.369 e. The summed E-state index contributed by atoms with van der Waals surface area (Å²) in [5.74, 6) is 1.66. The number of fused-ring (bicyclic) bond motifs is 1. The Labute approximate surface area is 108 Å². The molecule has 1 aliphatic rings. The fourth-order valence-corrected chi connectivity index (χ4v) is 2.64. The predicted octanol–water partition coefficient (Wildman–Crippen LogP) is 3.27. The molecule has 3 rings (SSSR count). The summed E-state index contributed by atoms with van der Waals surface area (Å²) >= 11 is 0. The van der Waals surface area contributed by atoms with Crippen molar-refractivity contribution in [2.45, 2.75) is 33.1 Å². The number of para-hydroxylation sites is 1. The van der Waals surface area contributed by atoms with Gasteiger partial charge in [0.1, 0.15) is 5.82 Å². The van der Waals surface area contributed by atoms with Gasteiger partial charge in [-0.15, -0.1) is 0 Å². The van der Waals surface area contributed by atoms with Gasteiger partial charge in [0, 0.05) is 12.1 Å². The molecule has 2 aromatic rings. The maximum atomic E-state index is 4.82. The van der Waals surface area contributed by atoms with Crippen LogP contribution < -0.4 is 5.32 Å². The van der Waals surface area contributed by atoms with Crippen LogP contribution >= 0.6 is 0 Å². The number of hydrogen-bond acceptors (Lipinski definition) is 2. The minimum Gasteiger partial charge on any atom is -0.369 e. The zero-order valence-electron chi connectivity index (χ0n) is 11.2. The molecule has 1 N–H and O–H groups in total. The van der Waals surface area contributed by atoms with E-state index in [1.54, 1.807) is 0 Å². The average Bonchev–Trinajstić information content (AvgIpc) is 2.90. The molecule has 0 atom stereocenters. The summed E-state index contributed by atoms with van der Waals surface area (Å²) in [6, 6.07) is 8.40. The van der Waals surface area contributed by atoms with Gasteiger partial charge in [-0.25, -0.2) is 4.68 Å². The highest BCUT2D eigenvalue weighted by Crippen LogP contribution is 2.32. The lowest BCUT2D eigenvalue weighted by molar-refractivity contribution is 0.755. The fraction of sp³-hybridized carbons (Fsp3) is 0.400. The van der Waals surface area contributed by atoms with E-state index in [9.17, 15) is 0 Å². The second-order valence-corrected chi connectivity index (χ2v) is 5.24. The Morgan fingerprint density at radius 1 is 1.28 bits per heavy atom. The number of aryl methyl sites for hydroxylation is 1. The highest BCUT2D eigenvalue weighted by atomic mass is 15.3. The van der Waals surface area contributed by atoms with Crippen LogP contribution in [0.1, 0.15) is 36.6 Å². The van der Waals surface area contributed by atoms with Crippen LogP contribution in [0.4, 0.5) is 5.82 Å². The monoisotopic (exact) mass is 241 g/mol. The first-order valence-corrected chi connectivity index (χ1v) is 6.60. The molecular formula is C15H19N3. The average molecular weight is 241 g/mol. The van der Waals surface area contributed by atoms with Crippen LogP contribution in [0.3, 0.4) is 0 Å². The summed E-state index contributed by atoms with van der Waals surface area (Å²) in [7, 11) is 0. The third-order valence-electron chi connectivity index (χ3n) is 3.57. The van der Waals surface area contributed by atoms with Gasteiger partial charge in [0.25, 0.3) is 0 Å². The van der Waals surface area contributed by atoms with Crippen LogP contribution in [0.25, 0.3) is 5.69 Å². The molecule has 94 valence electrons. The molecule has 0 saturated carbocycles. The molecule has 0 fully saturated rings. The van der Waals surface area contributed by atoms with Gasteiger partial charge in [0.2, 0.25) is 0 Å². The van der Waals surface area contributed by atoms with E-state index >= 15 is 0 Å². The molecule has 1 aromatic heterocycles. The number of nitrogens with one attached hydrogen (secondary N) is 1. The fourth-order valence-electron chi connectivity index (χ4n) is 2.64. The van der Waals surface area contributed by atoms with Crippen LogP contribution in [-0.2, 0) is 6.42 Å². The summed E-state index contributed by atoms with van der Waals surface area (Å²) in [5.41, 5.74) is 5.06. The Bertz CT molecular complexity index is 581. The summed E-state index contributed by atoms with van der Waals surface area (Å²) < 4.78 is 2.08. The van der Waals surface area contributed by atoms with Crippen LogP contribution in [0.2, 0.25) is 0 Å². The Hall–Kier alpha value is -1.77. The van der Waals surface area contributed by atoms with Crippen molar-refractivity contribution < 1.29 is 0 Å².